The van der Waals surface area contributed by atoms with Gasteiger partial charge in [0.1, 0.15) is 6.61 Å². The molecular weight excluding hydrogens is 444 g/mol. The van der Waals surface area contributed by atoms with Gasteiger partial charge in [0.2, 0.25) is 0 Å². The number of fused-ring (bicyclic) bond motifs is 5. The van der Waals surface area contributed by atoms with Crippen LogP contribution in [0.15, 0.2) is 11.6 Å². The van der Waals surface area contributed by atoms with Gasteiger partial charge in [-0.05, 0) is 104 Å². The van der Waals surface area contributed by atoms with Crippen LogP contribution in [0.3, 0.4) is 0 Å². The third kappa shape index (κ3) is 5.76. The zero-order valence-electron chi connectivity index (χ0n) is 24.6. The number of rotatable bonds is 10. The van der Waals surface area contributed by atoms with E-state index in [1.54, 1.807) is 5.57 Å². The number of hydrogen-bond acceptors (Lipinski definition) is 3. The molecule has 0 amide bonds. The molecule has 0 bridgehead atoms. The summed E-state index contributed by atoms with van der Waals surface area (Å²) in [7, 11) is 0. The Bertz CT molecular complexity index is 784. The summed E-state index contributed by atoms with van der Waals surface area (Å²) in [6.45, 7) is 17.3. The molecule has 0 aromatic carbocycles. The number of esters is 1. The monoisotopic (exact) mass is 500 g/mol. The van der Waals surface area contributed by atoms with Crippen molar-refractivity contribution in [3.63, 3.8) is 0 Å². The summed E-state index contributed by atoms with van der Waals surface area (Å²) in [5, 5.41) is 0. The molecule has 4 rings (SSSR count). The summed E-state index contributed by atoms with van der Waals surface area (Å²) in [5.41, 5.74) is 2.52. The Morgan fingerprint density at radius 3 is 2.47 bits per heavy atom. The third-order valence-electron chi connectivity index (χ3n) is 11.3. The first-order chi connectivity index (χ1) is 17.0. The lowest BCUT2D eigenvalue weighted by Gasteiger charge is -2.58. The van der Waals surface area contributed by atoms with Gasteiger partial charge in [0, 0.05) is 0 Å². The first-order valence-corrected chi connectivity index (χ1v) is 15.5. The maximum atomic E-state index is 12.1. The highest BCUT2D eigenvalue weighted by Gasteiger charge is 2.59. The molecule has 206 valence electrons. The standard InChI is InChI=1S/C33H56O3/c1-22(2)9-8-10-24(5)28-13-14-29-27-12-11-25-19-26(35-21-31(34)36-20-23(3)4)15-17-32(25,6)30(27)16-18-33(28,29)7/h11,22-24,26-30H,8-10,12-21H2,1-7H3/t24-,26+,27?,28-,29?,30?,32+,33-/m1/s1. The van der Waals surface area contributed by atoms with Crippen LogP contribution in [-0.2, 0) is 14.3 Å². The molecule has 3 saturated carbocycles. The molecule has 0 aromatic rings. The lowest BCUT2D eigenvalue weighted by Crippen LogP contribution is -2.51. The lowest BCUT2D eigenvalue weighted by atomic mass is 9.47. The van der Waals surface area contributed by atoms with Crippen molar-refractivity contribution in [2.45, 2.75) is 125 Å². The minimum atomic E-state index is -0.212. The lowest BCUT2D eigenvalue weighted by molar-refractivity contribution is -0.153. The fourth-order valence-electron chi connectivity index (χ4n) is 9.28. The predicted molar refractivity (Wildman–Crippen MR) is 149 cm³/mol. The second-order valence-electron chi connectivity index (χ2n) is 14.5. The van der Waals surface area contributed by atoms with Crippen molar-refractivity contribution in [3.05, 3.63) is 11.6 Å². The molecule has 8 atom stereocenters. The second-order valence-corrected chi connectivity index (χ2v) is 14.5. The fourth-order valence-corrected chi connectivity index (χ4v) is 9.28. The quantitative estimate of drug-likeness (QED) is 0.222. The van der Waals surface area contributed by atoms with Gasteiger partial charge in [-0.2, -0.15) is 0 Å². The molecule has 0 saturated heterocycles. The summed E-state index contributed by atoms with van der Waals surface area (Å²) in [6.07, 6.45) is 17.3. The maximum absolute atomic E-state index is 12.1. The molecular formula is C33H56O3. The van der Waals surface area contributed by atoms with E-state index in [0.29, 0.717) is 23.4 Å². The summed E-state index contributed by atoms with van der Waals surface area (Å²) in [4.78, 5) is 12.1. The van der Waals surface area contributed by atoms with Crippen molar-refractivity contribution in [1.82, 2.24) is 0 Å². The van der Waals surface area contributed by atoms with Gasteiger partial charge >= 0.3 is 5.97 Å². The molecule has 4 aliphatic rings. The molecule has 3 nitrogen and oxygen atoms in total. The SMILES string of the molecule is CC(C)CCC[C@@H](C)[C@H]1CCC2C3CC=C4C[C@@H](OCC(=O)OCC(C)C)CC[C@]4(C)C3CC[C@@]21C. The van der Waals surface area contributed by atoms with E-state index in [2.05, 4.69) is 54.5 Å². The van der Waals surface area contributed by atoms with E-state index in [0.717, 1.165) is 48.3 Å². The van der Waals surface area contributed by atoms with Gasteiger partial charge in [-0.1, -0.05) is 79.4 Å². The van der Waals surface area contributed by atoms with Gasteiger partial charge in [0.15, 0.2) is 0 Å². The Labute approximate surface area is 222 Å². The molecule has 36 heavy (non-hydrogen) atoms. The number of ether oxygens (including phenoxy) is 2. The van der Waals surface area contributed by atoms with Crippen LogP contribution in [0, 0.1) is 52.3 Å². The minimum absolute atomic E-state index is 0.102. The van der Waals surface area contributed by atoms with Crippen molar-refractivity contribution in [3.8, 4) is 0 Å². The second kappa shape index (κ2) is 11.5. The molecule has 0 aliphatic heterocycles. The van der Waals surface area contributed by atoms with Crippen LogP contribution in [0.25, 0.3) is 0 Å². The Hall–Kier alpha value is -0.830. The smallest absolute Gasteiger partial charge is 0.332 e. The summed E-state index contributed by atoms with van der Waals surface area (Å²) >= 11 is 0. The third-order valence-corrected chi connectivity index (χ3v) is 11.3. The van der Waals surface area contributed by atoms with E-state index in [9.17, 15) is 4.79 Å². The average Bonchev–Trinajstić information content (AvgIpc) is 3.18. The Kier molecular flexibility index (Phi) is 9.01. The average molecular weight is 501 g/mol. The number of carbonyl (C=O) groups excluding carboxylic acids is 1. The van der Waals surface area contributed by atoms with Gasteiger partial charge in [-0.25, -0.2) is 4.79 Å². The molecule has 3 heteroatoms. The largest absolute Gasteiger partial charge is 0.464 e. The van der Waals surface area contributed by atoms with E-state index >= 15 is 0 Å². The van der Waals surface area contributed by atoms with Gasteiger partial charge in [-0.15, -0.1) is 0 Å². The summed E-state index contributed by atoms with van der Waals surface area (Å²) in [5.74, 6) is 5.40. The van der Waals surface area contributed by atoms with E-state index < -0.39 is 0 Å². The fraction of sp³-hybridized carbons (Fsp3) is 0.909. The van der Waals surface area contributed by atoms with Gasteiger partial charge in [0.05, 0.1) is 12.7 Å². The van der Waals surface area contributed by atoms with Gasteiger partial charge < -0.3 is 9.47 Å². The molecule has 3 unspecified atom stereocenters. The van der Waals surface area contributed by atoms with Crippen LogP contribution >= 0.6 is 0 Å². The van der Waals surface area contributed by atoms with Crippen molar-refractivity contribution < 1.29 is 14.3 Å². The van der Waals surface area contributed by atoms with Crippen LogP contribution in [0.2, 0.25) is 0 Å². The van der Waals surface area contributed by atoms with Gasteiger partial charge in [-0.3, -0.25) is 0 Å². The number of carbonyl (C=O) groups is 1. The Morgan fingerprint density at radius 1 is 0.972 bits per heavy atom. The first-order valence-electron chi connectivity index (χ1n) is 15.5. The molecule has 0 aromatic heterocycles. The number of hydrogen-bond donors (Lipinski definition) is 0. The van der Waals surface area contributed by atoms with Crippen molar-refractivity contribution >= 4 is 5.97 Å². The minimum Gasteiger partial charge on any atom is -0.464 e. The Balaban J connectivity index is 1.36. The summed E-state index contributed by atoms with van der Waals surface area (Å²) in [6, 6.07) is 0. The van der Waals surface area contributed by atoms with Crippen molar-refractivity contribution in [2.75, 3.05) is 13.2 Å². The molecule has 0 heterocycles. The highest BCUT2D eigenvalue weighted by Crippen LogP contribution is 2.67. The Morgan fingerprint density at radius 2 is 1.75 bits per heavy atom. The van der Waals surface area contributed by atoms with Crippen molar-refractivity contribution in [2.24, 2.45) is 52.3 Å². The van der Waals surface area contributed by atoms with Crippen LogP contribution in [0.4, 0.5) is 0 Å². The molecule has 0 radical (unpaired) electrons. The molecule has 0 N–H and O–H groups in total. The molecule has 4 aliphatic carbocycles. The molecule has 3 fully saturated rings. The number of allylic oxidation sites excluding steroid dienone is 1. The van der Waals surface area contributed by atoms with Crippen LogP contribution in [0.5, 0.6) is 0 Å². The van der Waals surface area contributed by atoms with Crippen LogP contribution in [-0.4, -0.2) is 25.3 Å². The highest BCUT2D eigenvalue weighted by atomic mass is 16.6. The van der Waals surface area contributed by atoms with E-state index in [4.69, 9.17) is 9.47 Å². The summed E-state index contributed by atoms with van der Waals surface area (Å²) < 4.78 is 11.4. The maximum Gasteiger partial charge on any atom is 0.332 e. The van der Waals surface area contributed by atoms with Gasteiger partial charge in [0.25, 0.3) is 0 Å². The predicted octanol–water partition coefficient (Wildman–Crippen LogP) is 8.61. The van der Waals surface area contributed by atoms with Crippen LogP contribution in [0.1, 0.15) is 119 Å². The first kappa shape index (κ1) is 28.2. The highest BCUT2D eigenvalue weighted by molar-refractivity contribution is 5.70. The molecule has 0 spiro atoms. The topological polar surface area (TPSA) is 35.5 Å². The van der Waals surface area contributed by atoms with Crippen molar-refractivity contribution in [1.29, 1.82) is 0 Å². The van der Waals surface area contributed by atoms with E-state index in [1.807, 2.05) is 0 Å². The normalized spacial score (nSPS) is 38.8. The van der Waals surface area contributed by atoms with E-state index in [-0.39, 0.29) is 18.7 Å². The van der Waals surface area contributed by atoms with Crippen LogP contribution < -0.4 is 0 Å². The zero-order valence-corrected chi connectivity index (χ0v) is 24.6. The zero-order chi connectivity index (χ0) is 26.1. The van der Waals surface area contributed by atoms with E-state index in [1.165, 1.54) is 57.8 Å².